The van der Waals surface area contributed by atoms with Crippen LogP contribution in [0.25, 0.3) is 0 Å². The van der Waals surface area contributed by atoms with Crippen LogP contribution in [0.5, 0.6) is 0 Å². The molecule has 0 saturated heterocycles. The number of nitrogens with zero attached hydrogens (tertiary/aromatic N) is 1. The summed E-state index contributed by atoms with van der Waals surface area (Å²) in [5.41, 5.74) is 2.10. The molecule has 0 radical (unpaired) electrons. The van der Waals surface area contributed by atoms with Crippen LogP contribution in [0, 0.1) is 0 Å². The summed E-state index contributed by atoms with van der Waals surface area (Å²) in [6.07, 6.45) is 1.71. The molecule has 104 valence electrons. The summed E-state index contributed by atoms with van der Waals surface area (Å²) >= 11 is 3.49. The van der Waals surface area contributed by atoms with E-state index < -0.39 is 5.60 Å². The Kier molecular flexibility index (Phi) is 3.90. The third-order valence-corrected chi connectivity index (χ3v) is 3.79. The van der Waals surface area contributed by atoms with Crippen LogP contribution >= 0.6 is 15.9 Å². The molecule has 0 bridgehead atoms. The molecule has 0 aliphatic heterocycles. The van der Waals surface area contributed by atoms with Crippen molar-refractivity contribution in [2.45, 2.75) is 45.3 Å². The normalized spacial score (nSPS) is 18.1. The van der Waals surface area contributed by atoms with Crippen molar-refractivity contribution in [3.05, 3.63) is 33.8 Å². The molecule has 19 heavy (non-hydrogen) atoms. The maximum atomic E-state index is 12.1. The zero-order chi connectivity index (χ0) is 14.2. The van der Waals surface area contributed by atoms with Gasteiger partial charge in [0, 0.05) is 11.5 Å². The molecule has 0 spiro atoms. The third kappa shape index (κ3) is 3.30. The van der Waals surface area contributed by atoms with Gasteiger partial charge in [0.25, 0.3) is 0 Å². The van der Waals surface area contributed by atoms with Gasteiger partial charge in [-0.2, -0.15) is 0 Å². The highest BCUT2D eigenvalue weighted by molar-refractivity contribution is 9.10. The fourth-order valence-electron chi connectivity index (χ4n) is 2.43. The maximum absolute atomic E-state index is 12.1. The van der Waals surface area contributed by atoms with Gasteiger partial charge < -0.3 is 9.64 Å². The molecule has 0 unspecified atom stereocenters. The lowest BCUT2D eigenvalue weighted by Gasteiger charge is -2.29. The Morgan fingerprint density at radius 2 is 2.11 bits per heavy atom. The van der Waals surface area contributed by atoms with Gasteiger partial charge in [-0.05, 0) is 56.9 Å². The highest BCUT2D eigenvalue weighted by Gasteiger charge is 2.31. The molecular weight excluding hydrogens is 306 g/mol. The maximum Gasteiger partial charge on any atom is 0.410 e. The molecule has 0 aromatic heterocycles. The quantitative estimate of drug-likeness (QED) is 0.770. The van der Waals surface area contributed by atoms with Crippen LogP contribution in [0.15, 0.2) is 22.7 Å². The Morgan fingerprint density at radius 1 is 1.42 bits per heavy atom. The van der Waals surface area contributed by atoms with E-state index in [2.05, 4.69) is 28.1 Å². The average Bonchev–Trinajstić information content (AvgIpc) is 2.68. The van der Waals surface area contributed by atoms with Gasteiger partial charge in [0.15, 0.2) is 0 Å². The van der Waals surface area contributed by atoms with Gasteiger partial charge in [-0.1, -0.05) is 22.0 Å². The first kappa shape index (κ1) is 14.4. The van der Waals surface area contributed by atoms with E-state index in [1.807, 2.05) is 33.9 Å². The van der Waals surface area contributed by atoms with Gasteiger partial charge in [-0.25, -0.2) is 4.79 Å². The van der Waals surface area contributed by atoms with Crippen LogP contribution in [0.3, 0.4) is 0 Å². The fourth-order valence-corrected chi connectivity index (χ4v) is 2.84. The largest absolute Gasteiger partial charge is 0.444 e. The second-order valence-corrected chi connectivity index (χ2v) is 6.90. The number of ether oxygens (including phenoxy) is 1. The Hall–Kier alpha value is -1.03. The van der Waals surface area contributed by atoms with Crippen molar-refractivity contribution < 1.29 is 9.53 Å². The number of benzene rings is 1. The zero-order valence-electron chi connectivity index (χ0n) is 11.9. The number of aryl methyl sites for hydroxylation is 1. The van der Waals surface area contributed by atoms with Crippen molar-refractivity contribution in [1.82, 2.24) is 4.90 Å². The molecule has 4 heteroatoms. The summed E-state index contributed by atoms with van der Waals surface area (Å²) in [5.74, 6) is 0. The summed E-state index contributed by atoms with van der Waals surface area (Å²) in [5, 5.41) is 0. The lowest BCUT2D eigenvalue weighted by molar-refractivity contribution is 0.0220. The predicted octanol–water partition coefficient (Wildman–Crippen LogP) is 4.30. The summed E-state index contributed by atoms with van der Waals surface area (Å²) in [6.45, 7) is 5.66. The first-order valence-corrected chi connectivity index (χ1v) is 7.31. The van der Waals surface area contributed by atoms with E-state index in [-0.39, 0.29) is 12.1 Å². The van der Waals surface area contributed by atoms with Crippen LogP contribution in [-0.4, -0.2) is 23.6 Å². The Balaban J connectivity index is 2.15. The van der Waals surface area contributed by atoms with E-state index in [0.29, 0.717) is 0 Å². The van der Waals surface area contributed by atoms with Gasteiger partial charge >= 0.3 is 6.09 Å². The standard InChI is InChI=1S/C15H20BrNO2/c1-15(2,3)19-14(18)17(4)13-8-5-10-9-11(16)6-7-12(10)13/h6-7,9,13H,5,8H2,1-4H3/t13-/m1/s1. The van der Waals surface area contributed by atoms with E-state index in [1.54, 1.807) is 4.90 Å². The Labute approximate surface area is 123 Å². The summed E-state index contributed by atoms with van der Waals surface area (Å²) in [7, 11) is 1.82. The van der Waals surface area contributed by atoms with Crippen LogP contribution in [0.2, 0.25) is 0 Å². The average molecular weight is 326 g/mol. The molecule has 0 N–H and O–H groups in total. The molecule has 0 saturated carbocycles. The monoisotopic (exact) mass is 325 g/mol. The fraction of sp³-hybridized carbons (Fsp3) is 0.533. The van der Waals surface area contributed by atoms with Gasteiger partial charge in [-0.3, -0.25) is 0 Å². The minimum absolute atomic E-state index is 0.123. The molecule has 1 aromatic rings. The van der Waals surface area contributed by atoms with Crippen LogP contribution in [0.4, 0.5) is 4.79 Å². The first-order valence-electron chi connectivity index (χ1n) is 6.52. The van der Waals surface area contributed by atoms with Gasteiger partial charge in [0.2, 0.25) is 0 Å². The van der Waals surface area contributed by atoms with Gasteiger partial charge in [-0.15, -0.1) is 0 Å². The Bertz CT molecular complexity index is 493. The molecule has 1 atom stereocenters. The van der Waals surface area contributed by atoms with E-state index >= 15 is 0 Å². The second-order valence-electron chi connectivity index (χ2n) is 5.99. The lowest BCUT2D eigenvalue weighted by Crippen LogP contribution is -2.36. The number of hydrogen-bond donors (Lipinski definition) is 0. The molecular formula is C15H20BrNO2. The predicted molar refractivity (Wildman–Crippen MR) is 79.2 cm³/mol. The number of hydrogen-bond acceptors (Lipinski definition) is 2. The van der Waals surface area contributed by atoms with Crippen molar-refractivity contribution in [2.24, 2.45) is 0 Å². The van der Waals surface area contributed by atoms with E-state index in [9.17, 15) is 4.79 Å². The summed E-state index contributed by atoms with van der Waals surface area (Å²) in [6, 6.07) is 6.38. The minimum atomic E-state index is -0.452. The van der Waals surface area contributed by atoms with Crippen LogP contribution < -0.4 is 0 Å². The van der Waals surface area contributed by atoms with Crippen LogP contribution in [0.1, 0.15) is 44.4 Å². The first-order chi connectivity index (χ1) is 8.78. The highest BCUT2D eigenvalue weighted by atomic mass is 79.9. The van der Waals surface area contributed by atoms with Crippen LogP contribution in [-0.2, 0) is 11.2 Å². The minimum Gasteiger partial charge on any atom is -0.444 e. The molecule has 3 nitrogen and oxygen atoms in total. The second kappa shape index (κ2) is 5.16. The molecule has 1 aromatic carbocycles. The lowest BCUT2D eigenvalue weighted by atomic mass is 10.1. The van der Waals surface area contributed by atoms with E-state index in [1.165, 1.54) is 11.1 Å². The molecule has 1 amide bonds. The molecule has 1 aliphatic rings. The van der Waals surface area contributed by atoms with Gasteiger partial charge in [0.1, 0.15) is 5.60 Å². The number of amides is 1. The molecule has 0 fully saturated rings. The van der Waals surface area contributed by atoms with Crippen molar-refractivity contribution in [2.75, 3.05) is 7.05 Å². The molecule has 2 rings (SSSR count). The van der Waals surface area contributed by atoms with Crippen molar-refractivity contribution in [1.29, 1.82) is 0 Å². The number of rotatable bonds is 1. The van der Waals surface area contributed by atoms with Gasteiger partial charge in [0.05, 0.1) is 6.04 Å². The number of carbonyl (C=O) groups excluding carboxylic acids is 1. The SMILES string of the molecule is CN(C(=O)OC(C)(C)C)[C@@H]1CCc2cc(Br)ccc21. The zero-order valence-corrected chi connectivity index (χ0v) is 13.5. The molecule has 0 heterocycles. The van der Waals surface area contributed by atoms with Crippen molar-refractivity contribution in [3.63, 3.8) is 0 Å². The van der Waals surface area contributed by atoms with E-state index in [0.717, 1.165) is 17.3 Å². The number of fused-ring (bicyclic) bond motifs is 1. The van der Waals surface area contributed by atoms with Crippen molar-refractivity contribution in [3.8, 4) is 0 Å². The Morgan fingerprint density at radius 3 is 2.74 bits per heavy atom. The molecule has 1 aliphatic carbocycles. The summed E-state index contributed by atoms with van der Waals surface area (Å²) < 4.78 is 6.52. The topological polar surface area (TPSA) is 29.5 Å². The van der Waals surface area contributed by atoms with E-state index in [4.69, 9.17) is 4.74 Å². The summed E-state index contributed by atoms with van der Waals surface area (Å²) in [4.78, 5) is 13.8. The highest BCUT2D eigenvalue weighted by Crippen LogP contribution is 2.36. The number of halogens is 1. The number of carbonyl (C=O) groups is 1. The van der Waals surface area contributed by atoms with Crippen molar-refractivity contribution >= 4 is 22.0 Å². The third-order valence-electron chi connectivity index (χ3n) is 3.30. The smallest absolute Gasteiger partial charge is 0.410 e.